The summed E-state index contributed by atoms with van der Waals surface area (Å²) in [6.45, 7) is 15.0. The minimum absolute atomic E-state index is 0. The van der Waals surface area contributed by atoms with Gasteiger partial charge in [-0.3, -0.25) is 9.89 Å². The van der Waals surface area contributed by atoms with Gasteiger partial charge in [-0.15, -0.1) is 35.3 Å². The Balaban J connectivity index is 0.00000338. The molecule has 2 heterocycles. The highest BCUT2D eigenvalue weighted by Gasteiger charge is 2.23. The van der Waals surface area contributed by atoms with Crippen molar-refractivity contribution in [1.82, 2.24) is 15.5 Å². The summed E-state index contributed by atoms with van der Waals surface area (Å²) in [5, 5.41) is 6.84. The molecule has 150 valence electrons. The molecule has 0 amide bonds. The molecule has 0 aliphatic carbocycles. The summed E-state index contributed by atoms with van der Waals surface area (Å²) in [5.41, 5.74) is 0. The fraction of sp³-hybridized carbons (Fsp3) is 0.737. The average molecular weight is 494 g/mol. The van der Waals surface area contributed by atoms with Crippen LogP contribution in [0.4, 0.5) is 0 Å². The largest absolute Gasteiger partial charge is 0.379 e. The maximum Gasteiger partial charge on any atom is 0.191 e. The van der Waals surface area contributed by atoms with Crippen LogP contribution in [0.2, 0.25) is 0 Å². The topological polar surface area (TPSA) is 48.9 Å². The van der Waals surface area contributed by atoms with Crippen molar-refractivity contribution in [2.45, 2.75) is 40.2 Å². The molecule has 0 spiro atoms. The summed E-state index contributed by atoms with van der Waals surface area (Å²) in [6.07, 6.45) is 1.15. The molecule has 2 N–H and O–H groups in total. The van der Waals surface area contributed by atoms with E-state index in [4.69, 9.17) is 9.73 Å². The van der Waals surface area contributed by atoms with Gasteiger partial charge in [0.05, 0.1) is 25.8 Å². The Morgan fingerprint density at radius 3 is 2.58 bits per heavy atom. The number of guanidine groups is 1. The third kappa shape index (κ3) is 8.10. The van der Waals surface area contributed by atoms with Crippen LogP contribution in [-0.2, 0) is 4.74 Å². The summed E-state index contributed by atoms with van der Waals surface area (Å²) >= 11 is 1.88. The van der Waals surface area contributed by atoms with Gasteiger partial charge in [-0.1, -0.05) is 13.8 Å². The number of rotatable bonds is 8. The predicted octanol–water partition coefficient (Wildman–Crippen LogP) is 3.65. The van der Waals surface area contributed by atoms with E-state index in [1.807, 2.05) is 11.3 Å². The molecule has 2 rings (SSSR count). The highest BCUT2D eigenvalue weighted by Crippen LogP contribution is 2.28. The normalized spacial score (nSPS) is 17.0. The molecule has 1 aromatic heterocycles. The number of nitrogens with one attached hydrogen (secondary N) is 2. The van der Waals surface area contributed by atoms with Crippen LogP contribution < -0.4 is 10.6 Å². The average Bonchev–Trinajstić information content (AvgIpc) is 3.02. The molecule has 0 radical (unpaired) electrons. The lowest BCUT2D eigenvalue weighted by Crippen LogP contribution is -2.41. The number of thiophene rings is 1. The fourth-order valence-corrected chi connectivity index (χ4v) is 3.91. The molecule has 1 aliphatic rings. The molecular formula is C19H35IN4OS. The van der Waals surface area contributed by atoms with E-state index < -0.39 is 0 Å². The minimum atomic E-state index is 0. The Labute approximate surface area is 180 Å². The Morgan fingerprint density at radius 2 is 2.00 bits per heavy atom. The standard InChI is InChI=1S/C19H34N4OS.HI/c1-5-20-19(21-9-8-15(2)3)22-14-17(18-7-6-16(4)25-18)23-10-12-24-13-11-23;/h6-7,15,17H,5,8-14H2,1-4H3,(H2,20,21,22);1H. The molecule has 0 bridgehead atoms. The van der Waals surface area contributed by atoms with Gasteiger partial charge in [-0.25, -0.2) is 0 Å². The number of aryl methyl sites for hydroxylation is 1. The first-order valence-corrected chi connectivity index (χ1v) is 10.3. The van der Waals surface area contributed by atoms with E-state index in [9.17, 15) is 0 Å². The van der Waals surface area contributed by atoms with Gasteiger partial charge in [0, 0.05) is 35.9 Å². The summed E-state index contributed by atoms with van der Waals surface area (Å²) in [6, 6.07) is 4.81. The van der Waals surface area contributed by atoms with Gasteiger partial charge in [-0.05, 0) is 38.3 Å². The van der Waals surface area contributed by atoms with Crippen molar-refractivity contribution in [2.24, 2.45) is 10.9 Å². The summed E-state index contributed by atoms with van der Waals surface area (Å²) in [4.78, 5) is 10.2. The fourth-order valence-electron chi connectivity index (χ4n) is 2.91. The third-order valence-corrected chi connectivity index (χ3v) is 5.46. The van der Waals surface area contributed by atoms with E-state index in [1.165, 1.54) is 9.75 Å². The summed E-state index contributed by atoms with van der Waals surface area (Å²) in [7, 11) is 0. The maximum absolute atomic E-state index is 5.53. The maximum atomic E-state index is 5.53. The van der Waals surface area contributed by atoms with Gasteiger partial charge in [0.25, 0.3) is 0 Å². The lowest BCUT2D eigenvalue weighted by Gasteiger charge is -2.33. The van der Waals surface area contributed by atoms with E-state index in [-0.39, 0.29) is 24.0 Å². The van der Waals surface area contributed by atoms with Gasteiger partial charge in [0.15, 0.2) is 5.96 Å². The van der Waals surface area contributed by atoms with Crippen LogP contribution in [0.1, 0.15) is 43.0 Å². The van der Waals surface area contributed by atoms with Crippen LogP contribution in [0.25, 0.3) is 0 Å². The van der Waals surface area contributed by atoms with Crippen molar-refractivity contribution >= 4 is 41.3 Å². The van der Waals surface area contributed by atoms with Gasteiger partial charge < -0.3 is 15.4 Å². The van der Waals surface area contributed by atoms with Gasteiger partial charge in [0.1, 0.15) is 0 Å². The second-order valence-corrected chi connectivity index (χ2v) is 8.26. The highest BCUT2D eigenvalue weighted by molar-refractivity contribution is 14.0. The highest BCUT2D eigenvalue weighted by atomic mass is 127. The lowest BCUT2D eigenvalue weighted by molar-refractivity contribution is 0.0186. The van der Waals surface area contributed by atoms with Crippen molar-refractivity contribution < 1.29 is 4.74 Å². The first-order chi connectivity index (χ1) is 12.1. The van der Waals surface area contributed by atoms with Crippen LogP contribution >= 0.6 is 35.3 Å². The monoisotopic (exact) mass is 494 g/mol. The molecule has 0 aromatic carbocycles. The van der Waals surface area contributed by atoms with E-state index in [1.54, 1.807) is 0 Å². The molecule has 7 heteroatoms. The molecule has 1 unspecified atom stereocenters. The van der Waals surface area contributed by atoms with Crippen molar-refractivity contribution in [1.29, 1.82) is 0 Å². The van der Waals surface area contributed by atoms with E-state index in [0.717, 1.165) is 58.3 Å². The molecule has 1 atom stereocenters. The number of morpholine rings is 1. The van der Waals surface area contributed by atoms with Crippen molar-refractivity contribution in [3.63, 3.8) is 0 Å². The Bertz CT molecular complexity index is 529. The second kappa shape index (κ2) is 12.9. The number of hydrogen-bond acceptors (Lipinski definition) is 4. The van der Waals surface area contributed by atoms with Crippen molar-refractivity contribution in [3.05, 3.63) is 21.9 Å². The zero-order valence-electron chi connectivity index (χ0n) is 16.6. The number of nitrogens with zero attached hydrogens (tertiary/aromatic N) is 2. The van der Waals surface area contributed by atoms with E-state index in [2.05, 4.69) is 55.4 Å². The molecule has 1 aromatic rings. The van der Waals surface area contributed by atoms with Crippen LogP contribution in [-0.4, -0.2) is 56.8 Å². The Kier molecular flexibility index (Phi) is 11.7. The molecule has 1 aliphatic heterocycles. The Hall–Kier alpha value is -0.380. The van der Waals surface area contributed by atoms with Crippen LogP contribution in [0.15, 0.2) is 17.1 Å². The van der Waals surface area contributed by atoms with Crippen LogP contribution in [0.3, 0.4) is 0 Å². The molecule has 1 saturated heterocycles. The SMILES string of the molecule is CCNC(=NCC(c1ccc(C)s1)N1CCOCC1)NCCC(C)C.I. The zero-order valence-corrected chi connectivity index (χ0v) is 19.7. The molecule has 1 fully saturated rings. The quantitative estimate of drug-likeness (QED) is 0.329. The zero-order chi connectivity index (χ0) is 18.1. The molecular weight excluding hydrogens is 459 g/mol. The molecule has 5 nitrogen and oxygen atoms in total. The Morgan fingerprint density at radius 1 is 1.27 bits per heavy atom. The second-order valence-electron chi connectivity index (χ2n) is 6.94. The van der Waals surface area contributed by atoms with Crippen LogP contribution in [0, 0.1) is 12.8 Å². The number of ether oxygens (including phenoxy) is 1. The van der Waals surface area contributed by atoms with Gasteiger partial charge in [-0.2, -0.15) is 0 Å². The lowest BCUT2D eigenvalue weighted by atomic mass is 10.1. The minimum Gasteiger partial charge on any atom is -0.379 e. The number of halogens is 1. The van der Waals surface area contributed by atoms with E-state index in [0.29, 0.717) is 12.0 Å². The summed E-state index contributed by atoms with van der Waals surface area (Å²) < 4.78 is 5.53. The van der Waals surface area contributed by atoms with Crippen molar-refractivity contribution in [3.8, 4) is 0 Å². The van der Waals surface area contributed by atoms with Gasteiger partial charge in [0.2, 0.25) is 0 Å². The summed E-state index contributed by atoms with van der Waals surface area (Å²) in [5.74, 6) is 1.63. The third-order valence-electron chi connectivity index (χ3n) is 4.36. The van der Waals surface area contributed by atoms with E-state index >= 15 is 0 Å². The first kappa shape index (κ1) is 23.7. The smallest absolute Gasteiger partial charge is 0.191 e. The van der Waals surface area contributed by atoms with Crippen molar-refractivity contribution in [2.75, 3.05) is 45.9 Å². The first-order valence-electron chi connectivity index (χ1n) is 9.50. The molecule has 26 heavy (non-hydrogen) atoms. The number of hydrogen-bond donors (Lipinski definition) is 2. The van der Waals surface area contributed by atoms with Crippen LogP contribution in [0.5, 0.6) is 0 Å². The molecule has 0 saturated carbocycles. The van der Waals surface area contributed by atoms with Gasteiger partial charge >= 0.3 is 0 Å². The predicted molar refractivity (Wildman–Crippen MR) is 123 cm³/mol. The number of aliphatic imine (C=N–C) groups is 1.